The molecular weight excluding hydrogens is 228 g/mol. The van der Waals surface area contributed by atoms with Crippen LogP contribution in [0.4, 0.5) is 0 Å². The number of ether oxygens (including phenoxy) is 2. The van der Waals surface area contributed by atoms with Gasteiger partial charge in [-0.05, 0) is 26.2 Å². The van der Waals surface area contributed by atoms with Gasteiger partial charge in [0.25, 0.3) is 0 Å². The Morgan fingerprint density at radius 3 is 2.35 bits per heavy atom. The van der Waals surface area contributed by atoms with Gasteiger partial charge in [-0.2, -0.15) is 0 Å². The highest BCUT2D eigenvalue weighted by Gasteiger charge is 2.24. The molecule has 0 spiro atoms. The van der Waals surface area contributed by atoms with Crippen LogP contribution in [0.3, 0.4) is 0 Å². The second-order valence-electron chi connectivity index (χ2n) is 3.60. The van der Waals surface area contributed by atoms with Crippen molar-refractivity contribution in [1.29, 1.82) is 0 Å². The molecule has 2 N–H and O–H groups in total. The number of hydrogen-bond donors (Lipinski definition) is 2. The van der Waals surface area contributed by atoms with Crippen LogP contribution in [0.15, 0.2) is 0 Å². The molecule has 0 aromatic heterocycles. The Hall–Kier alpha value is -1.14. The number of carbonyl (C=O) groups is 2. The Morgan fingerprint density at radius 1 is 1.18 bits per heavy atom. The average Bonchev–Trinajstić information content (AvgIpc) is 2.27. The van der Waals surface area contributed by atoms with E-state index in [0.29, 0.717) is 12.8 Å². The van der Waals surface area contributed by atoms with Gasteiger partial charge in [0.15, 0.2) is 6.10 Å². The van der Waals surface area contributed by atoms with E-state index in [1.54, 1.807) is 6.92 Å². The summed E-state index contributed by atoms with van der Waals surface area (Å²) in [6.07, 6.45) is -1.28. The molecule has 6 nitrogen and oxygen atoms in total. The second kappa shape index (κ2) is 8.95. The van der Waals surface area contributed by atoms with Crippen LogP contribution in [-0.4, -0.2) is 47.6 Å². The van der Waals surface area contributed by atoms with Crippen molar-refractivity contribution < 1.29 is 29.3 Å². The predicted molar refractivity (Wildman–Crippen MR) is 59.1 cm³/mol. The summed E-state index contributed by atoms with van der Waals surface area (Å²) in [5.74, 6) is -1.17. The van der Waals surface area contributed by atoms with E-state index in [2.05, 4.69) is 4.74 Å². The standard InChI is InChI=1S/C11H20O6/c1-3-16-11(15)10(14)9(13)6-4-5-7-17-8(2)12/h9-10,13-14H,3-7H2,1-2H3/t9-,10+/m0/s1. The zero-order valence-corrected chi connectivity index (χ0v) is 10.2. The largest absolute Gasteiger partial charge is 0.466 e. The Bertz CT molecular complexity index is 240. The van der Waals surface area contributed by atoms with Gasteiger partial charge in [0, 0.05) is 6.92 Å². The fourth-order valence-electron chi connectivity index (χ4n) is 1.21. The summed E-state index contributed by atoms with van der Waals surface area (Å²) in [4.78, 5) is 21.5. The summed E-state index contributed by atoms with van der Waals surface area (Å²) in [7, 11) is 0. The predicted octanol–water partition coefficient (Wildman–Crippen LogP) is 0.00470. The van der Waals surface area contributed by atoms with Crippen molar-refractivity contribution in [3.8, 4) is 0 Å². The molecule has 17 heavy (non-hydrogen) atoms. The molecule has 0 fully saturated rings. The minimum atomic E-state index is -1.51. The number of esters is 2. The lowest BCUT2D eigenvalue weighted by atomic mass is 10.1. The molecule has 0 aromatic rings. The monoisotopic (exact) mass is 248 g/mol. The first kappa shape index (κ1) is 15.9. The van der Waals surface area contributed by atoms with Crippen LogP contribution in [0, 0.1) is 0 Å². The molecule has 0 aliphatic heterocycles. The first-order valence-electron chi connectivity index (χ1n) is 5.65. The normalized spacial score (nSPS) is 13.9. The van der Waals surface area contributed by atoms with Crippen molar-refractivity contribution >= 4 is 11.9 Å². The van der Waals surface area contributed by atoms with E-state index in [9.17, 15) is 19.8 Å². The van der Waals surface area contributed by atoms with E-state index in [0.717, 1.165) is 0 Å². The van der Waals surface area contributed by atoms with Crippen LogP contribution in [-0.2, 0) is 19.1 Å². The molecule has 0 aromatic carbocycles. The van der Waals surface area contributed by atoms with Gasteiger partial charge in [-0.3, -0.25) is 4.79 Å². The van der Waals surface area contributed by atoms with Crippen molar-refractivity contribution in [2.24, 2.45) is 0 Å². The van der Waals surface area contributed by atoms with Crippen molar-refractivity contribution in [2.75, 3.05) is 13.2 Å². The minimum Gasteiger partial charge on any atom is -0.466 e. The second-order valence-corrected chi connectivity index (χ2v) is 3.60. The van der Waals surface area contributed by atoms with Gasteiger partial charge < -0.3 is 19.7 Å². The lowest BCUT2D eigenvalue weighted by molar-refractivity contribution is -0.159. The highest BCUT2D eigenvalue weighted by atomic mass is 16.5. The number of carbonyl (C=O) groups excluding carboxylic acids is 2. The Labute approximate surface area is 101 Å². The van der Waals surface area contributed by atoms with Gasteiger partial charge in [-0.15, -0.1) is 0 Å². The number of unbranched alkanes of at least 4 members (excludes halogenated alkanes) is 1. The summed E-state index contributed by atoms with van der Waals surface area (Å²) in [6, 6.07) is 0. The average molecular weight is 248 g/mol. The Kier molecular flexibility index (Phi) is 8.35. The molecule has 0 saturated heterocycles. The summed E-state index contributed by atoms with van der Waals surface area (Å²) < 4.78 is 9.26. The summed E-state index contributed by atoms with van der Waals surface area (Å²) in [6.45, 7) is 3.38. The van der Waals surface area contributed by atoms with E-state index in [4.69, 9.17) is 4.74 Å². The van der Waals surface area contributed by atoms with Gasteiger partial charge in [0.1, 0.15) is 0 Å². The fraction of sp³-hybridized carbons (Fsp3) is 0.818. The molecule has 0 amide bonds. The van der Waals surface area contributed by atoms with Crippen molar-refractivity contribution in [3.63, 3.8) is 0 Å². The van der Waals surface area contributed by atoms with E-state index in [1.165, 1.54) is 6.92 Å². The molecule has 0 aliphatic rings. The van der Waals surface area contributed by atoms with Gasteiger partial charge in [-0.25, -0.2) is 4.79 Å². The van der Waals surface area contributed by atoms with Crippen LogP contribution >= 0.6 is 0 Å². The number of rotatable bonds is 8. The first-order chi connectivity index (χ1) is 7.99. The fourth-order valence-corrected chi connectivity index (χ4v) is 1.21. The molecule has 0 unspecified atom stereocenters. The highest BCUT2D eigenvalue weighted by Crippen LogP contribution is 2.07. The molecule has 100 valence electrons. The maximum absolute atomic E-state index is 11.1. The lowest BCUT2D eigenvalue weighted by Gasteiger charge is -2.15. The van der Waals surface area contributed by atoms with Crippen molar-refractivity contribution in [2.45, 2.75) is 45.3 Å². The molecule has 0 radical (unpaired) electrons. The summed E-state index contributed by atoms with van der Waals surface area (Å²) in [5, 5.41) is 18.8. The minimum absolute atomic E-state index is 0.162. The molecule has 6 heteroatoms. The van der Waals surface area contributed by atoms with Gasteiger partial charge in [0.05, 0.1) is 19.3 Å². The van der Waals surface area contributed by atoms with E-state index in [1.807, 2.05) is 0 Å². The van der Waals surface area contributed by atoms with E-state index in [-0.39, 0.29) is 25.6 Å². The van der Waals surface area contributed by atoms with Crippen molar-refractivity contribution in [1.82, 2.24) is 0 Å². The number of hydrogen-bond acceptors (Lipinski definition) is 6. The molecular formula is C11H20O6. The number of aliphatic hydroxyl groups is 2. The van der Waals surface area contributed by atoms with Crippen LogP contribution in [0.5, 0.6) is 0 Å². The Morgan fingerprint density at radius 2 is 1.82 bits per heavy atom. The van der Waals surface area contributed by atoms with Crippen LogP contribution in [0.2, 0.25) is 0 Å². The topological polar surface area (TPSA) is 93.1 Å². The zero-order valence-electron chi connectivity index (χ0n) is 10.2. The molecule has 0 bridgehead atoms. The first-order valence-corrected chi connectivity index (χ1v) is 5.65. The van der Waals surface area contributed by atoms with E-state index < -0.39 is 18.2 Å². The van der Waals surface area contributed by atoms with Gasteiger partial charge >= 0.3 is 11.9 Å². The third kappa shape index (κ3) is 7.70. The van der Waals surface area contributed by atoms with Crippen LogP contribution in [0.1, 0.15) is 33.1 Å². The summed E-state index contributed by atoms with van der Waals surface area (Å²) >= 11 is 0. The molecule has 0 heterocycles. The Balaban J connectivity index is 3.67. The number of aliphatic hydroxyl groups excluding tert-OH is 2. The van der Waals surface area contributed by atoms with Crippen LogP contribution in [0.25, 0.3) is 0 Å². The third-order valence-corrected chi connectivity index (χ3v) is 2.09. The molecule has 2 atom stereocenters. The van der Waals surface area contributed by atoms with Gasteiger partial charge in [0.2, 0.25) is 0 Å². The van der Waals surface area contributed by atoms with Crippen molar-refractivity contribution in [3.05, 3.63) is 0 Å². The highest BCUT2D eigenvalue weighted by molar-refractivity contribution is 5.75. The molecule has 0 saturated carbocycles. The van der Waals surface area contributed by atoms with E-state index >= 15 is 0 Å². The van der Waals surface area contributed by atoms with Gasteiger partial charge in [-0.1, -0.05) is 0 Å². The molecule has 0 aliphatic carbocycles. The maximum atomic E-state index is 11.1. The SMILES string of the molecule is CCOC(=O)[C@H](O)[C@@H](O)CCCCOC(C)=O. The molecule has 0 rings (SSSR count). The zero-order chi connectivity index (χ0) is 13.3. The maximum Gasteiger partial charge on any atom is 0.337 e. The van der Waals surface area contributed by atoms with Crippen LogP contribution < -0.4 is 0 Å². The summed E-state index contributed by atoms with van der Waals surface area (Å²) in [5.41, 5.74) is 0. The lowest BCUT2D eigenvalue weighted by Crippen LogP contribution is -2.35. The third-order valence-electron chi connectivity index (χ3n) is 2.09. The smallest absolute Gasteiger partial charge is 0.337 e. The quantitative estimate of drug-likeness (QED) is 0.464.